The molecule has 134 valence electrons. The first-order valence-electron chi connectivity index (χ1n) is 9.36. The largest absolute Gasteiger partial charge is 0.464 e. The predicted molar refractivity (Wildman–Crippen MR) is 103 cm³/mol. The first-order chi connectivity index (χ1) is 12.6. The van der Waals surface area contributed by atoms with Crippen LogP contribution < -0.4 is 5.32 Å². The molecule has 1 aromatic carbocycles. The van der Waals surface area contributed by atoms with E-state index in [2.05, 4.69) is 17.2 Å². The summed E-state index contributed by atoms with van der Waals surface area (Å²) in [6, 6.07) is 11.9. The van der Waals surface area contributed by atoms with Gasteiger partial charge in [-0.25, -0.2) is 0 Å². The highest BCUT2D eigenvalue weighted by atomic mass is 16.3. The van der Waals surface area contributed by atoms with E-state index in [9.17, 15) is 4.79 Å². The SMILES string of the molecule is Cc1cc2occc2c(-c2ccc(C(=O)NC3CCC(C)CC3)cc2)n1. The van der Waals surface area contributed by atoms with Crippen LogP contribution >= 0.6 is 0 Å². The standard InChI is InChI=1S/C22H24N2O2/c1-14-3-9-18(10-4-14)24-22(25)17-7-5-16(6-8-17)21-19-11-12-26-20(19)13-15(2)23-21/h5-8,11-14,18H,3-4,9-10H2,1-2H3,(H,24,25). The molecule has 26 heavy (non-hydrogen) atoms. The molecule has 2 aromatic heterocycles. The lowest BCUT2D eigenvalue weighted by atomic mass is 9.87. The average molecular weight is 348 g/mol. The van der Waals surface area contributed by atoms with E-state index in [1.165, 1.54) is 12.8 Å². The maximum Gasteiger partial charge on any atom is 0.251 e. The maximum absolute atomic E-state index is 12.5. The summed E-state index contributed by atoms with van der Waals surface area (Å²) in [6.07, 6.45) is 6.24. The van der Waals surface area contributed by atoms with Crippen LogP contribution in [0, 0.1) is 12.8 Å². The fourth-order valence-electron chi connectivity index (χ4n) is 3.76. The lowest BCUT2D eigenvalue weighted by Gasteiger charge is -2.26. The second-order valence-electron chi connectivity index (χ2n) is 7.45. The Hall–Kier alpha value is -2.62. The van der Waals surface area contributed by atoms with Crippen molar-refractivity contribution in [2.24, 2.45) is 5.92 Å². The molecule has 4 nitrogen and oxygen atoms in total. The Morgan fingerprint density at radius 1 is 1.12 bits per heavy atom. The molecule has 1 aliphatic carbocycles. The summed E-state index contributed by atoms with van der Waals surface area (Å²) < 4.78 is 5.51. The molecule has 4 rings (SSSR count). The second-order valence-corrected chi connectivity index (χ2v) is 7.45. The summed E-state index contributed by atoms with van der Waals surface area (Å²) in [5.41, 5.74) is 4.32. The molecule has 1 aliphatic rings. The molecule has 0 atom stereocenters. The maximum atomic E-state index is 12.5. The van der Waals surface area contributed by atoms with Crippen molar-refractivity contribution in [1.82, 2.24) is 10.3 Å². The second kappa shape index (κ2) is 6.94. The molecule has 3 aromatic rings. The van der Waals surface area contributed by atoms with Crippen molar-refractivity contribution in [1.29, 1.82) is 0 Å². The van der Waals surface area contributed by atoms with Crippen molar-refractivity contribution in [3.8, 4) is 11.3 Å². The third-order valence-corrected chi connectivity index (χ3v) is 5.35. The molecule has 1 fully saturated rings. The first-order valence-corrected chi connectivity index (χ1v) is 9.36. The third-order valence-electron chi connectivity index (χ3n) is 5.35. The van der Waals surface area contributed by atoms with Crippen LogP contribution in [0.5, 0.6) is 0 Å². The lowest BCUT2D eigenvalue weighted by molar-refractivity contribution is 0.0923. The van der Waals surface area contributed by atoms with E-state index in [1.807, 2.05) is 43.3 Å². The monoisotopic (exact) mass is 348 g/mol. The van der Waals surface area contributed by atoms with Crippen molar-refractivity contribution in [2.75, 3.05) is 0 Å². The number of nitrogens with one attached hydrogen (secondary N) is 1. The van der Waals surface area contributed by atoms with E-state index in [0.29, 0.717) is 11.6 Å². The van der Waals surface area contributed by atoms with Gasteiger partial charge in [0.2, 0.25) is 0 Å². The lowest BCUT2D eigenvalue weighted by Crippen LogP contribution is -2.37. The van der Waals surface area contributed by atoms with E-state index in [4.69, 9.17) is 4.42 Å². The minimum atomic E-state index is 0.0155. The van der Waals surface area contributed by atoms with Crippen molar-refractivity contribution < 1.29 is 9.21 Å². The Morgan fingerprint density at radius 3 is 2.58 bits per heavy atom. The van der Waals surface area contributed by atoms with Crippen LogP contribution in [0.25, 0.3) is 22.2 Å². The quantitative estimate of drug-likeness (QED) is 0.715. The Morgan fingerprint density at radius 2 is 1.85 bits per heavy atom. The van der Waals surface area contributed by atoms with Gasteiger partial charge in [0.25, 0.3) is 5.91 Å². The fraction of sp³-hybridized carbons (Fsp3) is 0.364. The molecule has 1 amide bonds. The summed E-state index contributed by atoms with van der Waals surface area (Å²) in [6.45, 7) is 4.24. The van der Waals surface area contributed by atoms with E-state index in [-0.39, 0.29) is 5.91 Å². The van der Waals surface area contributed by atoms with Gasteiger partial charge in [-0.05, 0) is 56.7 Å². The Kier molecular flexibility index (Phi) is 4.49. The van der Waals surface area contributed by atoms with Crippen molar-refractivity contribution in [2.45, 2.75) is 45.6 Å². The highest BCUT2D eigenvalue weighted by molar-refractivity contribution is 5.96. The van der Waals surface area contributed by atoms with E-state index in [1.54, 1.807) is 6.26 Å². The van der Waals surface area contributed by atoms with E-state index in [0.717, 1.165) is 46.7 Å². The summed E-state index contributed by atoms with van der Waals surface area (Å²) >= 11 is 0. The van der Waals surface area contributed by atoms with Crippen molar-refractivity contribution in [3.05, 3.63) is 53.9 Å². The number of hydrogen-bond donors (Lipinski definition) is 1. The zero-order chi connectivity index (χ0) is 18.1. The molecule has 0 bridgehead atoms. The third kappa shape index (κ3) is 3.36. The fourth-order valence-corrected chi connectivity index (χ4v) is 3.76. The Labute approximate surface area is 153 Å². The topological polar surface area (TPSA) is 55.1 Å². The van der Waals surface area contributed by atoms with Crippen LogP contribution in [-0.4, -0.2) is 16.9 Å². The predicted octanol–water partition coefficient (Wildman–Crippen LogP) is 5.11. The van der Waals surface area contributed by atoms with E-state index >= 15 is 0 Å². The number of nitrogens with zero attached hydrogens (tertiary/aromatic N) is 1. The van der Waals surface area contributed by atoms with Gasteiger partial charge in [-0.1, -0.05) is 19.1 Å². The van der Waals surface area contributed by atoms with Gasteiger partial charge in [0.05, 0.1) is 12.0 Å². The Balaban J connectivity index is 1.53. The molecule has 0 aliphatic heterocycles. The van der Waals surface area contributed by atoms with E-state index < -0.39 is 0 Å². The average Bonchev–Trinajstić information content (AvgIpc) is 3.11. The number of hydrogen-bond acceptors (Lipinski definition) is 3. The molecule has 2 heterocycles. The zero-order valence-electron chi connectivity index (χ0n) is 15.3. The minimum Gasteiger partial charge on any atom is -0.464 e. The molecular weight excluding hydrogens is 324 g/mol. The smallest absolute Gasteiger partial charge is 0.251 e. The number of pyridine rings is 1. The number of aromatic nitrogens is 1. The van der Waals surface area contributed by atoms with Crippen LogP contribution in [-0.2, 0) is 0 Å². The summed E-state index contributed by atoms with van der Waals surface area (Å²) in [5.74, 6) is 0.797. The van der Waals surface area contributed by atoms with Gasteiger partial charge in [0.15, 0.2) is 0 Å². The van der Waals surface area contributed by atoms with Gasteiger partial charge < -0.3 is 9.73 Å². The zero-order valence-corrected chi connectivity index (χ0v) is 15.3. The summed E-state index contributed by atoms with van der Waals surface area (Å²) in [7, 11) is 0. The van der Waals surface area contributed by atoms with Crippen LogP contribution in [0.2, 0.25) is 0 Å². The molecule has 0 saturated heterocycles. The number of furan rings is 1. The number of aryl methyl sites for hydroxylation is 1. The number of carbonyl (C=O) groups is 1. The molecule has 0 radical (unpaired) electrons. The van der Waals surface area contributed by atoms with Crippen LogP contribution in [0.15, 0.2) is 47.1 Å². The number of carbonyl (C=O) groups excluding carboxylic acids is 1. The normalized spacial score (nSPS) is 20.2. The van der Waals surface area contributed by atoms with Crippen LogP contribution in [0.3, 0.4) is 0 Å². The molecule has 4 heteroatoms. The van der Waals surface area contributed by atoms with Gasteiger partial charge in [0.1, 0.15) is 5.58 Å². The van der Waals surface area contributed by atoms with Gasteiger partial charge in [-0.2, -0.15) is 0 Å². The summed E-state index contributed by atoms with van der Waals surface area (Å²) in [5, 5.41) is 4.17. The molecular formula is C22H24N2O2. The highest BCUT2D eigenvalue weighted by Gasteiger charge is 2.20. The van der Waals surface area contributed by atoms with Crippen LogP contribution in [0.4, 0.5) is 0 Å². The molecule has 1 N–H and O–H groups in total. The van der Waals surface area contributed by atoms with Gasteiger partial charge in [0, 0.05) is 34.3 Å². The summed E-state index contributed by atoms with van der Waals surface area (Å²) in [4.78, 5) is 17.2. The number of fused-ring (bicyclic) bond motifs is 1. The minimum absolute atomic E-state index is 0.0155. The molecule has 0 spiro atoms. The van der Waals surface area contributed by atoms with Crippen LogP contribution in [0.1, 0.15) is 48.7 Å². The van der Waals surface area contributed by atoms with Gasteiger partial charge >= 0.3 is 0 Å². The van der Waals surface area contributed by atoms with Crippen molar-refractivity contribution >= 4 is 16.9 Å². The molecule has 0 unspecified atom stereocenters. The Bertz CT molecular complexity index is 919. The number of rotatable bonds is 3. The van der Waals surface area contributed by atoms with Gasteiger partial charge in [-0.3, -0.25) is 9.78 Å². The highest BCUT2D eigenvalue weighted by Crippen LogP contribution is 2.29. The van der Waals surface area contributed by atoms with Crippen molar-refractivity contribution in [3.63, 3.8) is 0 Å². The number of benzene rings is 1. The van der Waals surface area contributed by atoms with Gasteiger partial charge in [-0.15, -0.1) is 0 Å². The first kappa shape index (κ1) is 16.8. The number of amides is 1. The molecule has 1 saturated carbocycles.